The van der Waals surface area contributed by atoms with Crippen molar-refractivity contribution >= 4 is 54.3 Å². The Morgan fingerprint density at radius 1 is 0.571 bits per heavy atom. The molecule has 2 aliphatic rings. The van der Waals surface area contributed by atoms with Gasteiger partial charge in [-0.15, -0.1) is 40.4 Å². The van der Waals surface area contributed by atoms with Crippen LogP contribution < -0.4 is 128 Å². The molecule has 49 heavy (non-hydrogen) atoms. The Morgan fingerprint density at radius 3 is 1.88 bits per heavy atom. The van der Waals surface area contributed by atoms with Crippen molar-refractivity contribution in [1.29, 1.82) is 0 Å². The van der Waals surface area contributed by atoms with Crippen LogP contribution in [0.1, 0.15) is 0 Å². The van der Waals surface area contributed by atoms with Crippen LogP contribution in [0.25, 0.3) is 89.7 Å². The van der Waals surface area contributed by atoms with Gasteiger partial charge in [-0.25, -0.2) is 13.4 Å². The smallest absolute Gasteiger partial charge is 0.744 e. The molecular weight excluding hydrogens is 732 g/mol. The molecule has 11 nitrogen and oxygen atoms in total. The summed E-state index contributed by atoms with van der Waals surface area (Å²) in [6.07, 6.45) is 0. The maximum atomic E-state index is 11.9. The van der Waals surface area contributed by atoms with E-state index in [2.05, 4.69) is 23.2 Å². The van der Waals surface area contributed by atoms with E-state index in [1.807, 2.05) is 18.2 Å². The summed E-state index contributed by atoms with van der Waals surface area (Å²) < 4.78 is 35.8. The SMILES string of the molecule is O=S(=O)([O-])c1ccc2c(c1)-c1nc-2nc2[n-]c(nc3nc(nc4[n-]c(n1)c1ccc[c-]c41)-c1cc[c-]cc1-3)c1cc[c-]cc21.[Cu+2].[Na+].[Na+].[Na+].[Na+]. The maximum Gasteiger partial charge on any atom is 2.00 e. The summed E-state index contributed by atoms with van der Waals surface area (Å²) in [5.41, 5.74) is 3.63. The van der Waals surface area contributed by atoms with E-state index in [0.29, 0.717) is 55.9 Å². The molecule has 0 fully saturated rings. The van der Waals surface area contributed by atoms with E-state index in [0.717, 1.165) is 16.5 Å². The predicted molar refractivity (Wildman–Crippen MR) is 158 cm³/mol. The van der Waals surface area contributed by atoms with Crippen molar-refractivity contribution in [3.63, 3.8) is 0 Å². The third kappa shape index (κ3) is 7.08. The number of hydrogen-bond donors (Lipinski definition) is 0. The molecule has 0 aliphatic carbocycles. The van der Waals surface area contributed by atoms with Gasteiger partial charge in [-0.05, 0) is 29.1 Å². The van der Waals surface area contributed by atoms with Crippen LogP contribution in [0.3, 0.4) is 0 Å². The van der Waals surface area contributed by atoms with Crippen LogP contribution in [0.5, 0.6) is 0 Å². The molecule has 219 valence electrons. The molecule has 0 atom stereocenters. The van der Waals surface area contributed by atoms with E-state index in [9.17, 15) is 13.0 Å². The normalized spacial score (nSPS) is 11.1. The van der Waals surface area contributed by atoms with Gasteiger partial charge >= 0.3 is 135 Å². The minimum atomic E-state index is -4.76. The molecule has 1 radical (unpaired) electrons. The van der Waals surface area contributed by atoms with Crippen molar-refractivity contribution in [2.24, 2.45) is 0 Å². The maximum absolute atomic E-state index is 11.9. The number of fused-ring (bicyclic) bond motifs is 20. The Balaban J connectivity index is 0.00000108. The molecule has 0 saturated carbocycles. The van der Waals surface area contributed by atoms with Crippen LogP contribution in [0.15, 0.2) is 77.7 Å². The molecule has 17 heteroatoms. The summed E-state index contributed by atoms with van der Waals surface area (Å²) in [6, 6.07) is 29.5. The zero-order chi connectivity index (χ0) is 29.6. The number of nitrogens with zero attached hydrogens (tertiary/aromatic N) is 8. The summed E-state index contributed by atoms with van der Waals surface area (Å²) in [7, 11) is -4.76. The number of rotatable bonds is 1. The van der Waals surface area contributed by atoms with Gasteiger partial charge in [-0.2, -0.15) is 48.5 Å². The standard InChI is InChI=1S/C32H13N8O3S.Cu.4Na/c41-44(42,43)16-13-14-23-24(15-16)32-39-30-22-12-6-5-11-21(22)28(37-30)35-26-18-8-2-1-7-17(18)25(33-26)34-27-19-9-3-4-10-20(19)29(36-27)38-31(23)40-32;;;;;/h2-3,5-10,12-15H,(H-2,33,34,35,36,37,38,39,40,41,42,43);;;;;/q-5;+2;4*+1/p-1. The Bertz CT molecular complexity index is 2680. The molecule has 7 aromatic rings. The first-order valence-corrected chi connectivity index (χ1v) is 14.6. The second kappa shape index (κ2) is 15.7. The second-order valence-electron chi connectivity index (χ2n) is 10.0. The number of hydrogen-bond acceptors (Lipinski definition) is 9. The van der Waals surface area contributed by atoms with E-state index in [1.54, 1.807) is 36.4 Å². The van der Waals surface area contributed by atoms with Crippen molar-refractivity contribution < 1.29 is 148 Å². The molecule has 0 amide bonds. The summed E-state index contributed by atoms with van der Waals surface area (Å²) in [5, 5.41) is 2.67. The molecule has 0 saturated heterocycles. The average molecular weight is 744 g/mol. The summed E-state index contributed by atoms with van der Waals surface area (Å²) >= 11 is 0. The third-order valence-corrected chi connectivity index (χ3v) is 8.30. The van der Waals surface area contributed by atoms with Gasteiger partial charge in [0.25, 0.3) is 0 Å². The first-order chi connectivity index (χ1) is 21.4. The minimum absolute atomic E-state index is 0. The largest absolute Gasteiger partial charge is 2.00 e. The van der Waals surface area contributed by atoms with Crippen molar-refractivity contribution in [1.82, 2.24) is 39.9 Å². The minimum Gasteiger partial charge on any atom is -0.744 e. The molecule has 8 bridgehead atoms. The Hall–Kier alpha value is -1.33. The average Bonchev–Trinajstić information content (AvgIpc) is 3.76. The van der Waals surface area contributed by atoms with Gasteiger partial charge in [0.1, 0.15) is 10.1 Å². The van der Waals surface area contributed by atoms with Crippen molar-refractivity contribution in [2.45, 2.75) is 4.90 Å². The first kappa shape index (κ1) is 40.4. The van der Waals surface area contributed by atoms with E-state index in [4.69, 9.17) is 34.9 Å². The molecule has 2 aliphatic heterocycles. The molecule has 5 heterocycles. The fourth-order valence-corrected chi connectivity index (χ4v) is 5.94. The second-order valence-corrected chi connectivity index (χ2v) is 11.4. The quantitative estimate of drug-likeness (QED) is 0.0893. The topological polar surface area (TPSA) is 163 Å². The third-order valence-electron chi connectivity index (χ3n) is 7.47. The predicted octanol–water partition coefficient (Wildman–Crippen LogP) is -7.55. The number of aromatic nitrogens is 8. The van der Waals surface area contributed by atoms with E-state index < -0.39 is 15.0 Å². The zero-order valence-corrected chi connectivity index (χ0v) is 36.2. The Labute approximate surface area is 378 Å². The fraction of sp³-hybridized carbons (Fsp3) is 0. The van der Waals surface area contributed by atoms with Crippen LogP contribution >= 0.6 is 0 Å². The van der Waals surface area contributed by atoms with Crippen LogP contribution in [-0.4, -0.2) is 42.9 Å². The molecule has 0 spiro atoms. The van der Waals surface area contributed by atoms with Crippen molar-refractivity contribution in [3.05, 3.63) is 91.0 Å². The van der Waals surface area contributed by atoms with E-state index in [-0.39, 0.29) is 153 Å². The zero-order valence-electron chi connectivity index (χ0n) is 26.4. The monoisotopic (exact) mass is 743 g/mol. The fourth-order valence-electron chi connectivity index (χ4n) is 5.45. The summed E-state index contributed by atoms with van der Waals surface area (Å²) in [6.45, 7) is 0. The van der Waals surface area contributed by atoms with Crippen LogP contribution in [0.2, 0.25) is 0 Å². The Kier molecular flexibility index (Phi) is 13.0. The molecular formula is C32H12CuN8Na4O3S. The summed E-state index contributed by atoms with van der Waals surface area (Å²) in [4.78, 5) is 37.7. The first-order valence-electron chi connectivity index (χ1n) is 13.2. The molecule has 0 N–H and O–H groups in total. The van der Waals surface area contributed by atoms with Crippen molar-refractivity contribution in [3.8, 4) is 45.6 Å². The van der Waals surface area contributed by atoms with Gasteiger partial charge < -0.3 is 34.5 Å². The van der Waals surface area contributed by atoms with E-state index in [1.165, 1.54) is 18.2 Å². The molecule has 0 unspecified atom stereocenters. The van der Waals surface area contributed by atoms with Crippen LogP contribution in [-0.2, 0) is 27.2 Å². The molecule has 4 aromatic carbocycles. The van der Waals surface area contributed by atoms with Crippen LogP contribution in [0, 0.1) is 18.2 Å². The molecule has 3 aromatic heterocycles. The van der Waals surface area contributed by atoms with Gasteiger partial charge in [0.15, 0.2) is 0 Å². The van der Waals surface area contributed by atoms with Gasteiger partial charge in [0, 0.05) is 17.0 Å². The Morgan fingerprint density at radius 2 is 1.14 bits per heavy atom. The van der Waals surface area contributed by atoms with Crippen LogP contribution in [0.4, 0.5) is 0 Å². The van der Waals surface area contributed by atoms with Gasteiger partial charge in [0.05, 0.1) is 22.4 Å². The van der Waals surface area contributed by atoms with Gasteiger partial charge in [-0.1, -0.05) is 28.2 Å². The van der Waals surface area contributed by atoms with Crippen molar-refractivity contribution in [2.75, 3.05) is 0 Å². The van der Waals surface area contributed by atoms with Gasteiger partial charge in [0.2, 0.25) is 0 Å². The molecule has 9 rings (SSSR count). The van der Waals surface area contributed by atoms with E-state index >= 15 is 0 Å². The summed E-state index contributed by atoms with van der Waals surface area (Å²) in [5.74, 6) is 1.18. The van der Waals surface area contributed by atoms with Gasteiger partial charge in [-0.3, -0.25) is 4.98 Å². The number of benzene rings is 4.